The fourth-order valence-electron chi connectivity index (χ4n) is 3.51. The summed E-state index contributed by atoms with van der Waals surface area (Å²) >= 11 is 9.16. The first kappa shape index (κ1) is 20.4. The molecule has 0 radical (unpaired) electrons. The number of carbonyl (C=O) groups excluding carboxylic acids is 1. The second-order valence-corrected chi connectivity index (χ2v) is 9.56. The van der Waals surface area contributed by atoms with Crippen LogP contribution in [0.25, 0.3) is 10.7 Å². The van der Waals surface area contributed by atoms with Crippen molar-refractivity contribution >= 4 is 46.3 Å². The minimum Gasteiger partial charge on any atom is -0.323 e. The van der Waals surface area contributed by atoms with Crippen molar-refractivity contribution in [2.45, 2.75) is 37.8 Å². The predicted molar refractivity (Wildman–Crippen MR) is 119 cm³/mol. The third kappa shape index (κ3) is 4.49. The van der Waals surface area contributed by atoms with Gasteiger partial charge in [0.2, 0.25) is 5.91 Å². The molecule has 1 N–H and O–H groups in total. The number of carbonyl (C=O) groups is 1. The lowest BCUT2D eigenvalue weighted by Crippen LogP contribution is -2.15. The number of thiophene rings is 1. The molecule has 152 valence electrons. The van der Waals surface area contributed by atoms with Gasteiger partial charge in [0.05, 0.1) is 16.3 Å². The zero-order valence-electron chi connectivity index (χ0n) is 16.3. The number of amides is 1. The van der Waals surface area contributed by atoms with Gasteiger partial charge in [0.15, 0.2) is 16.1 Å². The summed E-state index contributed by atoms with van der Waals surface area (Å²) in [5.74, 6) is 1.71. The van der Waals surface area contributed by atoms with Gasteiger partial charge in [-0.3, -0.25) is 4.79 Å². The molecule has 29 heavy (non-hydrogen) atoms. The molecule has 9 heteroatoms. The Morgan fingerprint density at radius 2 is 2.31 bits per heavy atom. The standard InChI is InChI=1S/C20H22ClN5OS2/c1-3-12-6-7-15-13(9-12)10-16(29-15)19-24-25-20(26(19)2)28-11-17(27)23-14-5-4-8-22-18(14)21/h4-5,8,10,12H,3,6-7,9,11H2,1-2H3,(H,23,27). The van der Waals surface area contributed by atoms with E-state index in [0.717, 1.165) is 23.0 Å². The zero-order valence-corrected chi connectivity index (χ0v) is 18.7. The molecular formula is C20H22ClN5OS2. The Kier molecular flexibility index (Phi) is 6.22. The van der Waals surface area contributed by atoms with E-state index in [1.807, 2.05) is 23.0 Å². The number of nitrogens with zero attached hydrogens (tertiary/aromatic N) is 4. The molecule has 0 aromatic carbocycles. The third-order valence-electron chi connectivity index (χ3n) is 5.18. The highest BCUT2D eigenvalue weighted by Crippen LogP contribution is 2.38. The average molecular weight is 448 g/mol. The topological polar surface area (TPSA) is 72.7 Å². The number of pyridine rings is 1. The van der Waals surface area contributed by atoms with Crippen LogP contribution in [0.4, 0.5) is 5.69 Å². The van der Waals surface area contributed by atoms with Crippen molar-refractivity contribution < 1.29 is 4.79 Å². The molecule has 1 amide bonds. The van der Waals surface area contributed by atoms with Gasteiger partial charge in [-0.2, -0.15) is 0 Å². The quantitative estimate of drug-likeness (QED) is 0.432. The van der Waals surface area contributed by atoms with Crippen LogP contribution in [0.1, 0.15) is 30.2 Å². The van der Waals surface area contributed by atoms with Crippen molar-refractivity contribution in [1.82, 2.24) is 19.7 Å². The molecule has 0 bridgehead atoms. The lowest BCUT2D eigenvalue weighted by atomic mass is 9.87. The lowest BCUT2D eigenvalue weighted by Gasteiger charge is -2.19. The summed E-state index contributed by atoms with van der Waals surface area (Å²) in [5.41, 5.74) is 1.97. The van der Waals surface area contributed by atoms with Crippen molar-refractivity contribution in [3.05, 3.63) is 40.0 Å². The summed E-state index contributed by atoms with van der Waals surface area (Å²) < 4.78 is 1.96. The number of anilines is 1. The third-order valence-corrected chi connectivity index (χ3v) is 7.74. The van der Waals surface area contributed by atoms with Crippen LogP contribution in [0.2, 0.25) is 5.15 Å². The largest absolute Gasteiger partial charge is 0.323 e. The van der Waals surface area contributed by atoms with Crippen molar-refractivity contribution in [2.24, 2.45) is 13.0 Å². The molecule has 3 aromatic heterocycles. The molecule has 1 aliphatic carbocycles. The Bertz CT molecular complexity index is 1030. The monoisotopic (exact) mass is 447 g/mol. The van der Waals surface area contributed by atoms with Gasteiger partial charge in [0, 0.05) is 18.1 Å². The fourth-order valence-corrected chi connectivity index (χ4v) is 5.62. The number of hydrogen-bond acceptors (Lipinski definition) is 6. The first-order valence-corrected chi connectivity index (χ1v) is 11.8. The summed E-state index contributed by atoms with van der Waals surface area (Å²) in [4.78, 5) is 18.8. The highest BCUT2D eigenvalue weighted by Gasteiger charge is 2.22. The molecule has 1 atom stereocenters. The van der Waals surface area contributed by atoms with Crippen LogP contribution < -0.4 is 5.32 Å². The molecule has 4 rings (SSSR count). The minimum atomic E-state index is -0.161. The van der Waals surface area contributed by atoms with E-state index < -0.39 is 0 Å². The van der Waals surface area contributed by atoms with Gasteiger partial charge in [-0.1, -0.05) is 36.7 Å². The van der Waals surface area contributed by atoms with E-state index in [2.05, 4.69) is 33.5 Å². The van der Waals surface area contributed by atoms with Crippen LogP contribution in [0.15, 0.2) is 29.6 Å². The van der Waals surface area contributed by atoms with Gasteiger partial charge >= 0.3 is 0 Å². The van der Waals surface area contributed by atoms with Crippen molar-refractivity contribution in [3.8, 4) is 10.7 Å². The summed E-state index contributed by atoms with van der Waals surface area (Å²) in [6, 6.07) is 5.73. The van der Waals surface area contributed by atoms with Crippen LogP contribution in [0.3, 0.4) is 0 Å². The van der Waals surface area contributed by atoms with Crippen LogP contribution in [0, 0.1) is 5.92 Å². The first-order valence-electron chi connectivity index (χ1n) is 9.59. The Morgan fingerprint density at radius 1 is 1.45 bits per heavy atom. The number of halogens is 1. The predicted octanol–water partition coefficient (Wildman–Crippen LogP) is 4.84. The van der Waals surface area contributed by atoms with E-state index in [9.17, 15) is 4.79 Å². The summed E-state index contributed by atoms with van der Waals surface area (Å²) in [6.45, 7) is 2.27. The van der Waals surface area contributed by atoms with Gasteiger partial charge in [-0.25, -0.2) is 4.98 Å². The molecule has 0 fully saturated rings. The van der Waals surface area contributed by atoms with E-state index in [1.54, 1.807) is 18.3 Å². The highest BCUT2D eigenvalue weighted by molar-refractivity contribution is 7.99. The van der Waals surface area contributed by atoms with Gasteiger partial charge in [-0.15, -0.1) is 21.5 Å². The maximum Gasteiger partial charge on any atom is 0.234 e. The van der Waals surface area contributed by atoms with Gasteiger partial charge in [0.1, 0.15) is 0 Å². The molecule has 0 aliphatic heterocycles. The van der Waals surface area contributed by atoms with Crippen molar-refractivity contribution in [1.29, 1.82) is 0 Å². The fraction of sp³-hybridized carbons (Fsp3) is 0.400. The van der Waals surface area contributed by atoms with E-state index in [4.69, 9.17) is 11.6 Å². The molecule has 0 spiro atoms. The maximum atomic E-state index is 12.2. The van der Waals surface area contributed by atoms with Crippen molar-refractivity contribution in [2.75, 3.05) is 11.1 Å². The van der Waals surface area contributed by atoms with Gasteiger partial charge in [0.25, 0.3) is 0 Å². The van der Waals surface area contributed by atoms with Crippen molar-refractivity contribution in [3.63, 3.8) is 0 Å². The number of aryl methyl sites for hydroxylation is 1. The molecule has 1 aliphatic rings. The molecule has 0 saturated heterocycles. The Morgan fingerprint density at radius 3 is 3.10 bits per heavy atom. The second-order valence-electron chi connectivity index (χ2n) is 7.12. The SMILES string of the molecule is CCC1CCc2sc(-c3nnc(SCC(=O)Nc4cccnc4Cl)n3C)cc2C1. The number of thioether (sulfide) groups is 1. The summed E-state index contributed by atoms with van der Waals surface area (Å²) in [5, 5.41) is 12.4. The Balaban J connectivity index is 1.42. The summed E-state index contributed by atoms with van der Waals surface area (Å²) in [7, 11) is 1.95. The lowest BCUT2D eigenvalue weighted by molar-refractivity contribution is -0.113. The van der Waals surface area contributed by atoms with E-state index >= 15 is 0 Å². The highest BCUT2D eigenvalue weighted by atomic mass is 35.5. The van der Waals surface area contributed by atoms with E-state index in [1.165, 1.54) is 41.5 Å². The Labute approximate surface area is 183 Å². The number of rotatable bonds is 6. The minimum absolute atomic E-state index is 0.161. The average Bonchev–Trinajstić information content (AvgIpc) is 3.30. The first-order chi connectivity index (χ1) is 14.0. The maximum absolute atomic E-state index is 12.2. The smallest absolute Gasteiger partial charge is 0.234 e. The van der Waals surface area contributed by atoms with Gasteiger partial charge in [-0.05, 0) is 48.9 Å². The number of nitrogens with one attached hydrogen (secondary N) is 1. The van der Waals surface area contributed by atoms with Crippen LogP contribution in [-0.2, 0) is 24.7 Å². The van der Waals surface area contributed by atoms with Crippen LogP contribution >= 0.6 is 34.7 Å². The van der Waals surface area contributed by atoms with Crippen LogP contribution in [0.5, 0.6) is 0 Å². The van der Waals surface area contributed by atoms with Crippen LogP contribution in [-0.4, -0.2) is 31.4 Å². The van der Waals surface area contributed by atoms with E-state index in [-0.39, 0.29) is 16.8 Å². The Hall–Kier alpha value is -1.90. The molecular weight excluding hydrogens is 426 g/mol. The van der Waals surface area contributed by atoms with E-state index in [0.29, 0.717) is 10.8 Å². The molecule has 3 aromatic rings. The normalized spacial score (nSPS) is 15.9. The molecule has 0 saturated carbocycles. The number of aromatic nitrogens is 4. The molecule has 1 unspecified atom stereocenters. The van der Waals surface area contributed by atoms with Gasteiger partial charge < -0.3 is 9.88 Å². The summed E-state index contributed by atoms with van der Waals surface area (Å²) in [6.07, 6.45) is 6.42. The molecule has 6 nitrogen and oxygen atoms in total. The zero-order chi connectivity index (χ0) is 20.4. The number of fused-ring (bicyclic) bond motifs is 1. The number of hydrogen-bond donors (Lipinski definition) is 1. The molecule has 3 heterocycles. The second kappa shape index (κ2) is 8.85.